The second-order valence-corrected chi connectivity index (χ2v) is 7.57. The second-order valence-electron chi connectivity index (χ2n) is 7.57. The van der Waals surface area contributed by atoms with Crippen molar-refractivity contribution < 1.29 is 19.1 Å². The van der Waals surface area contributed by atoms with Crippen LogP contribution < -0.4 is 5.32 Å². The van der Waals surface area contributed by atoms with Crippen LogP contribution in [0.5, 0.6) is 0 Å². The number of rotatable bonds is 7. The minimum atomic E-state index is -0.361. The number of nitrogens with one attached hydrogen (secondary N) is 1. The van der Waals surface area contributed by atoms with Gasteiger partial charge in [-0.3, -0.25) is 9.59 Å². The zero-order valence-corrected chi connectivity index (χ0v) is 17.8. The molecule has 3 rings (SSSR count). The third-order valence-corrected chi connectivity index (χ3v) is 5.48. The normalized spacial score (nSPS) is 14.4. The zero-order valence-electron chi connectivity index (χ0n) is 17.8. The quantitative estimate of drug-likeness (QED) is 0.552. The highest BCUT2D eigenvalue weighted by molar-refractivity contribution is 5.92. The van der Waals surface area contributed by atoms with Gasteiger partial charge in [-0.25, -0.2) is 4.79 Å². The molecule has 0 radical (unpaired) electrons. The molecule has 1 heterocycles. The number of benzene rings is 2. The number of nitrogens with zero attached hydrogens (tertiary/aromatic N) is 1. The Morgan fingerprint density at radius 1 is 1.03 bits per heavy atom. The summed E-state index contributed by atoms with van der Waals surface area (Å²) >= 11 is 0. The average Bonchev–Trinajstić information content (AvgIpc) is 2.83. The van der Waals surface area contributed by atoms with Gasteiger partial charge >= 0.3 is 5.97 Å². The van der Waals surface area contributed by atoms with Crippen LogP contribution in [0.4, 0.5) is 0 Å². The largest absolute Gasteiger partial charge is 0.465 e. The van der Waals surface area contributed by atoms with E-state index in [4.69, 9.17) is 0 Å². The molecule has 6 nitrogen and oxygen atoms in total. The number of carbonyl (C=O) groups excluding carboxylic acids is 3. The smallest absolute Gasteiger partial charge is 0.337 e. The van der Waals surface area contributed by atoms with E-state index in [9.17, 15) is 14.4 Å². The Morgan fingerprint density at radius 2 is 1.71 bits per heavy atom. The number of hydrogen-bond donors (Lipinski definition) is 1. The van der Waals surface area contributed by atoms with Crippen LogP contribution in [0.1, 0.15) is 34.3 Å². The van der Waals surface area contributed by atoms with Crippen LogP contribution in [-0.2, 0) is 20.7 Å². The van der Waals surface area contributed by atoms with Crippen LogP contribution in [0, 0.1) is 5.92 Å². The van der Waals surface area contributed by atoms with E-state index in [1.165, 1.54) is 7.11 Å². The second kappa shape index (κ2) is 11.1. The van der Waals surface area contributed by atoms with Gasteiger partial charge in [-0.05, 0) is 48.6 Å². The predicted octanol–water partition coefficient (Wildman–Crippen LogP) is 3.08. The average molecular weight is 421 g/mol. The molecular weight excluding hydrogens is 392 g/mol. The van der Waals surface area contributed by atoms with Crippen molar-refractivity contribution in [3.8, 4) is 0 Å². The molecule has 1 aliphatic rings. The summed E-state index contributed by atoms with van der Waals surface area (Å²) in [6.45, 7) is 1.71. The minimum Gasteiger partial charge on any atom is -0.465 e. The van der Waals surface area contributed by atoms with Crippen molar-refractivity contribution in [1.82, 2.24) is 10.2 Å². The first kappa shape index (κ1) is 22.3. The molecule has 1 N–H and O–H groups in total. The summed E-state index contributed by atoms with van der Waals surface area (Å²) in [7, 11) is 1.35. The highest BCUT2D eigenvalue weighted by Gasteiger charge is 2.26. The monoisotopic (exact) mass is 420 g/mol. The number of carbonyl (C=O) groups is 3. The lowest BCUT2D eigenvalue weighted by Gasteiger charge is -2.30. The van der Waals surface area contributed by atoms with Crippen LogP contribution in [0.25, 0.3) is 6.08 Å². The Bertz CT molecular complexity index is 914. The lowest BCUT2D eigenvalue weighted by molar-refractivity contribution is -0.132. The number of piperidine rings is 1. The number of likely N-dealkylation sites (tertiary alicyclic amines) is 1. The fraction of sp³-hybridized carbons (Fsp3) is 0.320. The van der Waals surface area contributed by atoms with Gasteiger partial charge in [-0.1, -0.05) is 42.5 Å². The summed E-state index contributed by atoms with van der Waals surface area (Å²) in [5, 5.41) is 2.99. The Balaban J connectivity index is 1.38. The molecule has 0 saturated carbocycles. The molecule has 162 valence electrons. The number of amides is 2. The maximum Gasteiger partial charge on any atom is 0.337 e. The Hall–Kier alpha value is -3.41. The third kappa shape index (κ3) is 6.54. The predicted molar refractivity (Wildman–Crippen MR) is 119 cm³/mol. The third-order valence-electron chi connectivity index (χ3n) is 5.48. The molecule has 0 atom stereocenters. The number of hydrogen-bond acceptors (Lipinski definition) is 4. The van der Waals surface area contributed by atoms with Crippen molar-refractivity contribution in [2.75, 3.05) is 26.7 Å². The first-order valence-corrected chi connectivity index (χ1v) is 10.5. The molecule has 0 unspecified atom stereocenters. The van der Waals surface area contributed by atoms with Gasteiger partial charge in [0.2, 0.25) is 11.8 Å². The van der Waals surface area contributed by atoms with Gasteiger partial charge in [0.15, 0.2) is 0 Å². The van der Waals surface area contributed by atoms with Crippen LogP contribution in [0.15, 0.2) is 60.7 Å². The van der Waals surface area contributed by atoms with Crippen molar-refractivity contribution >= 4 is 23.9 Å². The first-order chi connectivity index (χ1) is 15.1. The van der Waals surface area contributed by atoms with E-state index in [1.807, 2.05) is 48.5 Å². The van der Waals surface area contributed by atoms with E-state index in [0.717, 1.165) is 11.1 Å². The molecule has 1 fully saturated rings. The summed E-state index contributed by atoms with van der Waals surface area (Å²) in [5.41, 5.74) is 2.54. The number of ether oxygens (including phenoxy) is 1. The van der Waals surface area contributed by atoms with Crippen LogP contribution in [-0.4, -0.2) is 49.4 Å². The Morgan fingerprint density at radius 3 is 2.35 bits per heavy atom. The summed E-state index contributed by atoms with van der Waals surface area (Å²) in [6.07, 6.45) is 5.45. The Kier molecular flexibility index (Phi) is 7.98. The fourth-order valence-corrected chi connectivity index (χ4v) is 3.60. The molecule has 1 aliphatic heterocycles. The van der Waals surface area contributed by atoms with Gasteiger partial charge in [0.1, 0.15) is 0 Å². The fourth-order valence-electron chi connectivity index (χ4n) is 3.60. The van der Waals surface area contributed by atoms with E-state index in [-0.39, 0.29) is 23.7 Å². The summed E-state index contributed by atoms with van der Waals surface area (Å²) in [4.78, 5) is 38.1. The lowest BCUT2D eigenvalue weighted by Crippen LogP contribution is -2.42. The molecule has 2 amide bonds. The molecule has 0 bridgehead atoms. The molecule has 0 spiro atoms. The molecule has 0 aliphatic carbocycles. The molecular formula is C25H28N2O4. The van der Waals surface area contributed by atoms with E-state index >= 15 is 0 Å². The summed E-state index contributed by atoms with van der Waals surface area (Å²) < 4.78 is 4.69. The van der Waals surface area contributed by atoms with Gasteiger partial charge < -0.3 is 15.0 Å². The zero-order chi connectivity index (χ0) is 22.1. The summed E-state index contributed by atoms with van der Waals surface area (Å²) in [5.74, 6) is -0.402. The van der Waals surface area contributed by atoms with Gasteiger partial charge in [-0.2, -0.15) is 0 Å². The molecule has 2 aromatic carbocycles. The van der Waals surface area contributed by atoms with Crippen molar-refractivity contribution in [2.24, 2.45) is 5.92 Å². The van der Waals surface area contributed by atoms with Gasteiger partial charge in [0.05, 0.1) is 12.7 Å². The molecule has 1 saturated heterocycles. The number of methoxy groups -OCH3 is 1. The first-order valence-electron chi connectivity index (χ1n) is 10.5. The standard InChI is InChI=1S/C25H28N2O4/c1-31-25(30)22-10-7-20(8-11-22)13-16-26-24(29)21-14-17-27(18-15-21)23(28)12-9-19-5-3-2-4-6-19/h2-12,21H,13-18H2,1H3,(H,26,29)/b12-9+. The van der Waals surface area contributed by atoms with E-state index < -0.39 is 0 Å². The van der Waals surface area contributed by atoms with Gasteiger partial charge in [0, 0.05) is 31.6 Å². The summed E-state index contributed by atoms with van der Waals surface area (Å²) in [6, 6.07) is 16.9. The van der Waals surface area contributed by atoms with E-state index in [1.54, 1.807) is 23.1 Å². The minimum absolute atomic E-state index is 0.0156. The number of esters is 1. The molecule has 6 heteroatoms. The van der Waals surface area contributed by atoms with E-state index in [2.05, 4.69) is 10.1 Å². The molecule has 31 heavy (non-hydrogen) atoms. The topological polar surface area (TPSA) is 75.7 Å². The Labute approximate surface area is 182 Å². The van der Waals surface area contributed by atoms with Crippen LogP contribution >= 0.6 is 0 Å². The van der Waals surface area contributed by atoms with Crippen molar-refractivity contribution in [1.29, 1.82) is 0 Å². The van der Waals surface area contributed by atoms with Crippen molar-refractivity contribution in [3.05, 3.63) is 77.4 Å². The maximum atomic E-state index is 12.5. The van der Waals surface area contributed by atoms with E-state index in [0.29, 0.717) is 44.5 Å². The highest BCUT2D eigenvalue weighted by Crippen LogP contribution is 2.18. The van der Waals surface area contributed by atoms with Crippen molar-refractivity contribution in [2.45, 2.75) is 19.3 Å². The molecule has 2 aromatic rings. The highest BCUT2D eigenvalue weighted by atomic mass is 16.5. The van der Waals surface area contributed by atoms with Gasteiger partial charge in [0.25, 0.3) is 0 Å². The maximum absolute atomic E-state index is 12.5. The lowest BCUT2D eigenvalue weighted by atomic mass is 9.95. The van der Waals surface area contributed by atoms with Gasteiger partial charge in [-0.15, -0.1) is 0 Å². The van der Waals surface area contributed by atoms with Crippen LogP contribution in [0.2, 0.25) is 0 Å². The SMILES string of the molecule is COC(=O)c1ccc(CCNC(=O)C2CCN(C(=O)/C=C/c3ccccc3)CC2)cc1. The van der Waals surface area contributed by atoms with Crippen molar-refractivity contribution in [3.63, 3.8) is 0 Å². The van der Waals surface area contributed by atoms with Crippen LogP contribution in [0.3, 0.4) is 0 Å². The molecule has 0 aromatic heterocycles.